The molecule has 0 amide bonds. The minimum atomic E-state index is -1.87. The highest BCUT2D eigenvalue weighted by Crippen LogP contribution is 2.60. The van der Waals surface area contributed by atoms with Gasteiger partial charge in [-0.25, -0.2) is 9.59 Å². The molecule has 2 N–H and O–H groups in total. The van der Waals surface area contributed by atoms with Crippen LogP contribution in [0.2, 0.25) is 0 Å². The van der Waals surface area contributed by atoms with Gasteiger partial charge in [0.1, 0.15) is 5.60 Å². The fourth-order valence-corrected chi connectivity index (χ4v) is 2.78. The first kappa shape index (κ1) is 22.0. The van der Waals surface area contributed by atoms with Crippen LogP contribution < -0.4 is 0 Å². The Balaban J connectivity index is 2.26. The SMILES string of the molecule is CCOC(=O)OC1=C(OCOC(=O)C(C)(C)C)[C@@H]([C@@]2(O)C(O)C2(C)C)OC1=O. The molecular formula is C18H26O10. The second-order valence-corrected chi connectivity index (χ2v) is 8.16. The Hall–Kier alpha value is -2.33. The molecule has 0 aromatic carbocycles. The number of hydrogen-bond acceptors (Lipinski definition) is 10. The number of hydrogen-bond donors (Lipinski definition) is 2. The van der Waals surface area contributed by atoms with Gasteiger partial charge in [-0.05, 0) is 27.7 Å². The average Bonchev–Trinajstić information content (AvgIpc) is 2.84. The number of ether oxygens (including phenoxy) is 5. The Bertz CT molecular complexity index is 702. The predicted molar refractivity (Wildman–Crippen MR) is 91.2 cm³/mol. The van der Waals surface area contributed by atoms with E-state index in [9.17, 15) is 24.6 Å². The summed E-state index contributed by atoms with van der Waals surface area (Å²) < 4.78 is 24.9. The van der Waals surface area contributed by atoms with Gasteiger partial charge in [0.25, 0.3) is 5.76 Å². The summed E-state index contributed by atoms with van der Waals surface area (Å²) >= 11 is 0. The van der Waals surface area contributed by atoms with Crippen LogP contribution in [0.4, 0.5) is 4.79 Å². The first-order chi connectivity index (χ1) is 12.8. The maximum atomic E-state index is 12.2. The van der Waals surface area contributed by atoms with Gasteiger partial charge in [0.15, 0.2) is 11.9 Å². The molecule has 3 atom stereocenters. The monoisotopic (exact) mass is 402 g/mol. The first-order valence-corrected chi connectivity index (χ1v) is 8.78. The van der Waals surface area contributed by atoms with E-state index >= 15 is 0 Å². The number of aliphatic hydroxyl groups is 2. The van der Waals surface area contributed by atoms with Crippen molar-refractivity contribution in [2.24, 2.45) is 10.8 Å². The molecule has 1 heterocycles. The van der Waals surface area contributed by atoms with E-state index in [0.29, 0.717) is 0 Å². The lowest BCUT2D eigenvalue weighted by Gasteiger charge is -2.23. The summed E-state index contributed by atoms with van der Waals surface area (Å²) in [6.45, 7) is 8.96. The van der Waals surface area contributed by atoms with Crippen molar-refractivity contribution in [1.29, 1.82) is 0 Å². The lowest BCUT2D eigenvalue weighted by atomic mass is 9.98. The summed E-state index contributed by atoms with van der Waals surface area (Å²) in [5.41, 5.74) is -3.68. The Morgan fingerprint density at radius 3 is 2.25 bits per heavy atom. The predicted octanol–water partition coefficient (Wildman–Crippen LogP) is 0.992. The number of esters is 2. The van der Waals surface area contributed by atoms with Crippen molar-refractivity contribution in [3.05, 3.63) is 11.5 Å². The molecule has 0 spiro atoms. The van der Waals surface area contributed by atoms with E-state index in [1.807, 2.05) is 0 Å². The topological polar surface area (TPSA) is 138 Å². The third-order valence-electron chi connectivity index (χ3n) is 4.79. The maximum Gasteiger partial charge on any atom is 0.514 e. The highest BCUT2D eigenvalue weighted by atomic mass is 16.7. The zero-order valence-electron chi connectivity index (χ0n) is 16.7. The van der Waals surface area contributed by atoms with Crippen LogP contribution in [-0.2, 0) is 33.3 Å². The summed E-state index contributed by atoms with van der Waals surface area (Å²) in [4.78, 5) is 35.7. The van der Waals surface area contributed by atoms with E-state index < -0.39 is 59.3 Å². The average molecular weight is 402 g/mol. The minimum absolute atomic E-state index is 0.000339. The molecule has 0 bridgehead atoms. The highest BCUT2D eigenvalue weighted by Gasteiger charge is 2.78. The number of cyclic esters (lactones) is 1. The van der Waals surface area contributed by atoms with Gasteiger partial charge in [0, 0.05) is 5.41 Å². The molecule has 1 fully saturated rings. The Labute approximate surface area is 162 Å². The summed E-state index contributed by atoms with van der Waals surface area (Å²) in [5.74, 6) is -2.67. The van der Waals surface area contributed by atoms with Crippen molar-refractivity contribution in [1.82, 2.24) is 0 Å². The van der Waals surface area contributed by atoms with Crippen LogP contribution in [0.1, 0.15) is 41.5 Å². The van der Waals surface area contributed by atoms with Crippen molar-refractivity contribution >= 4 is 18.1 Å². The van der Waals surface area contributed by atoms with E-state index in [-0.39, 0.29) is 12.4 Å². The van der Waals surface area contributed by atoms with Gasteiger partial charge < -0.3 is 33.9 Å². The van der Waals surface area contributed by atoms with Crippen LogP contribution in [0.15, 0.2) is 11.5 Å². The van der Waals surface area contributed by atoms with Crippen molar-refractivity contribution in [2.75, 3.05) is 13.4 Å². The molecule has 158 valence electrons. The smallest absolute Gasteiger partial charge is 0.453 e. The second-order valence-electron chi connectivity index (χ2n) is 8.16. The van der Waals surface area contributed by atoms with Crippen LogP contribution in [0.5, 0.6) is 0 Å². The fourth-order valence-electron chi connectivity index (χ4n) is 2.78. The number of aliphatic hydroxyl groups excluding tert-OH is 1. The van der Waals surface area contributed by atoms with Crippen LogP contribution >= 0.6 is 0 Å². The number of carbonyl (C=O) groups excluding carboxylic acids is 3. The van der Waals surface area contributed by atoms with Crippen molar-refractivity contribution in [3.63, 3.8) is 0 Å². The molecule has 1 saturated carbocycles. The Morgan fingerprint density at radius 1 is 1.21 bits per heavy atom. The summed E-state index contributed by atoms with van der Waals surface area (Å²) in [6.07, 6.45) is -3.86. The minimum Gasteiger partial charge on any atom is -0.453 e. The summed E-state index contributed by atoms with van der Waals surface area (Å²) in [5, 5.41) is 20.9. The van der Waals surface area contributed by atoms with Crippen molar-refractivity contribution in [3.8, 4) is 0 Å². The molecule has 2 rings (SSSR count). The van der Waals surface area contributed by atoms with Gasteiger partial charge >= 0.3 is 18.1 Å². The molecule has 0 saturated heterocycles. The fraction of sp³-hybridized carbons (Fsp3) is 0.722. The second kappa shape index (κ2) is 7.25. The normalized spacial score (nSPS) is 28.5. The molecule has 1 aliphatic carbocycles. The largest absolute Gasteiger partial charge is 0.514 e. The Morgan fingerprint density at radius 2 is 1.79 bits per heavy atom. The standard InChI is InChI=1S/C18H26O10/c1-7-24-15(22)27-10-9(25-8-26-14(21)16(2,3)4)11(28-12(10)19)18(23)13(20)17(18,5)6/h11,13,20,23H,7-8H2,1-6H3/t11-,13?,18+/m0/s1. The van der Waals surface area contributed by atoms with Crippen molar-refractivity contribution < 1.29 is 48.3 Å². The quantitative estimate of drug-likeness (QED) is 0.376. The summed E-state index contributed by atoms with van der Waals surface area (Å²) in [7, 11) is 0. The number of carbonyl (C=O) groups is 3. The molecule has 2 aliphatic rings. The molecule has 0 radical (unpaired) electrons. The molecule has 28 heavy (non-hydrogen) atoms. The molecule has 1 unspecified atom stereocenters. The first-order valence-electron chi connectivity index (χ1n) is 8.78. The zero-order chi connectivity index (χ0) is 21.5. The molecular weight excluding hydrogens is 376 g/mol. The van der Waals surface area contributed by atoms with Crippen LogP contribution in [0.3, 0.4) is 0 Å². The van der Waals surface area contributed by atoms with Gasteiger partial charge in [-0.2, -0.15) is 0 Å². The molecule has 10 heteroatoms. The van der Waals surface area contributed by atoms with Crippen molar-refractivity contribution in [2.45, 2.75) is 59.4 Å². The van der Waals surface area contributed by atoms with E-state index in [0.717, 1.165) is 0 Å². The van der Waals surface area contributed by atoms with E-state index in [2.05, 4.69) is 4.74 Å². The lowest BCUT2D eigenvalue weighted by Crippen LogP contribution is -2.37. The van der Waals surface area contributed by atoms with Crippen LogP contribution in [-0.4, -0.2) is 59.5 Å². The summed E-state index contributed by atoms with van der Waals surface area (Å²) in [6, 6.07) is 0. The lowest BCUT2D eigenvalue weighted by molar-refractivity contribution is -0.166. The van der Waals surface area contributed by atoms with Gasteiger partial charge in [-0.15, -0.1) is 0 Å². The van der Waals surface area contributed by atoms with E-state index in [1.54, 1.807) is 41.5 Å². The molecule has 0 aromatic heterocycles. The van der Waals surface area contributed by atoms with Crippen LogP contribution in [0, 0.1) is 10.8 Å². The van der Waals surface area contributed by atoms with E-state index in [1.165, 1.54) is 0 Å². The highest BCUT2D eigenvalue weighted by molar-refractivity contribution is 5.92. The zero-order valence-corrected chi connectivity index (χ0v) is 16.7. The van der Waals surface area contributed by atoms with Gasteiger partial charge in [0.2, 0.25) is 6.79 Å². The molecule has 10 nitrogen and oxygen atoms in total. The maximum absolute atomic E-state index is 12.2. The van der Waals surface area contributed by atoms with Gasteiger partial charge in [0.05, 0.1) is 18.1 Å². The van der Waals surface area contributed by atoms with Gasteiger partial charge in [-0.3, -0.25) is 4.79 Å². The molecule has 1 aliphatic heterocycles. The number of rotatable bonds is 6. The molecule has 0 aromatic rings. The Kier molecular flexibility index (Phi) is 5.69. The third-order valence-corrected chi connectivity index (χ3v) is 4.79. The van der Waals surface area contributed by atoms with E-state index in [4.69, 9.17) is 18.9 Å². The van der Waals surface area contributed by atoms with Gasteiger partial charge in [-0.1, -0.05) is 13.8 Å². The van der Waals surface area contributed by atoms with Crippen LogP contribution in [0.25, 0.3) is 0 Å². The third kappa shape index (κ3) is 3.66.